The van der Waals surface area contributed by atoms with E-state index in [9.17, 15) is 9.59 Å². The van der Waals surface area contributed by atoms with Crippen molar-refractivity contribution < 1.29 is 14.3 Å². The highest BCUT2D eigenvalue weighted by molar-refractivity contribution is 9.10. The van der Waals surface area contributed by atoms with Crippen molar-refractivity contribution in [3.05, 3.63) is 46.5 Å². The van der Waals surface area contributed by atoms with Crippen molar-refractivity contribution in [2.75, 3.05) is 19.7 Å². The van der Waals surface area contributed by atoms with Gasteiger partial charge in [-0.15, -0.1) is 0 Å². The molecule has 1 heterocycles. The van der Waals surface area contributed by atoms with Gasteiger partial charge in [-0.2, -0.15) is 0 Å². The Balaban J connectivity index is 1.45. The number of rotatable bonds is 4. The average Bonchev–Trinajstić information content (AvgIpc) is 2.67. The zero-order valence-corrected chi connectivity index (χ0v) is 16.8. The van der Waals surface area contributed by atoms with E-state index < -0.39 is 0 Å². The molecule has 1 fully saturated rings. The summed E-state index contributed by atoms with van der Waals surface area (Å²) in [6.07, 6.45) is 7.82. The summed E-state index contributed by atoms with van der Waals surface area (Å²) in [4.78, 5) is 26.8. The van der Waals surface area contributed by atoms with Crippen LogP contribution in [-0.4, -0.2) is 36.5 Å². The largest absolute Gasteiger partial charge is 0.465 e. The van der Waals surface area contributed by atoms with E-state index in [1.807, 2.05) is 29.2 Å². The predicted octanol–water partition coefficient (Wildman–Crippen LogP) is 4.45. The third kappa shape index (κ3) is 4.76. The summed E-state index contributed by atoms with van der Waals surface area (Å²) in [5.41, 5.74) is 0.688. The zero-order valence-electron chi connectivity index (χ0n) is 15.2. The molecule has 26 heavy (non-hydrogen) atoms. The minimum absolute atomic E-state index is 0.0344. The van der Waals surface area contributed by atoms with Crippen molar-refractivity contribution in [2.45, 2.75) is 32.6 Å². The van der Waals surface area contributed by atoms with Crippen LogP contribution in [0.2, 0.25) is 0 Å². The second-order valence-electron chi connectivity index (χ2n) is 7.38. The second kappa shape index (κ2) is 8.85. The Labute approximate surface area is 163 Å². The summed E-state index contributed by atoms with van der Waals surface area (Å²) in [6, 6.07) is 7.40. The van der Waals surface area contributed by atoms with Gasteiger partial charge in [0.1, 0.15) is 0 Å². The van der Waals surface area contributed by atoms with Crippen molar-refractivity contribution in [3.8, 4) is 0 Å². The van der Waals surface area contributed by atoms with Gasteiger partial charge >= 0.3 is 5.97 Å². The number of hydrogen-bond donors (Lipinski definition) is 0. The quantitative estimate of drug-likeness (QED) is 0.534. The van der Waals surface area contributed by atoms with E-state index >= 15 is 0 Å². The Kier molecular flexibility index (Phi) is 6.52. The fourth-order valence-electron chi connectivity index (χ4n) is 3.64. The molecule has 1 aromatic rings. The van der Waals surface area contributed by atoms with Crippen LogP contribution in [0.25, 0.3) is 0 Å². The number of halogens is 1. The summed E-state index contributed by atoms with van der Waals surface area (Å²) in [5.74, 6) is 0.856. The van der Waals surface area contributed by atoms with Crippen LogP contribution in [-0.2, 0) is 9.53 Å². The number of carbonyl (C=O) groups excluding carboxylic acids is 2. The first-order valence-corrected chi connectivity index (χ1v) is 10.2. The molecule has 140 valence electrons. The van der Waals surface area contributed by atoms with Gasteiger partial charge < -0.3 is 9.64 Å². The standard InChI is InChI=1S/C21H26BrNO3/c1-15-4-2-3-5-18(15)14-26-21(25)17-10-12-23(13-11-17)20(24)16-6-8-19(22)9-7-16/h2-3,6-9,15,17-18H,4-5,10-14H2,1H3. The lowest BCUT2D eigenvalue weighted by atomic mass is 9.85. The third-order valence-electron chi connectivity index (χ3n) is 5.56. The minimum Gasteiger partial charge on any atom is -0.465 e. The lowest BCUT2D eigenvalue weighted by Crippen LogP contribution is -2.41. The maximum atomic E-state index is 12.5. The van der Waals surface area contributed by atoms with Crippen molar-refractivity contribution in [1.82, 2.24) is 4.90 Å². The van der Waals surface area contributed by atoms with Crippen LogP contribution in [0.4, 0.5) is 0 Å². The first-order valence-electron chi connectivity index (χ1n) is 9.41. The molecule has 1 aliphatic heterocycles. The first kappa shape index (κ1) is 19.2. The van der Waals surface area contributed by atoms with E-state index in [4.69, 9.17) is 4.74 Å². The number of likely N-dealkylation sites (tertiary alicyclic amines) is 1. The predicted molar refractivity (Wildman–Crippen MR) is 105 cm³/mol. The molecule has 4 nitrogen and oxygen atoms in total. The number of piperidine rings is 1. The van der Waals surface area contributed by atoms with Crippen LogP contribution in [0.5, 0.6) is 0 Å². The van der Waals surface area contributed by atoms with Gasteiger partial charge in [-0.05, 0) is 61.8 Å². The highest BCUT2D eigenvalue weighted by Crippen LogP contribution is 2.26. The summed E-state index contributed by atoms with van der Waals surface area (Å²) in [6.45, 7) is 3.95. The Morgan fingerprint density at radius 1 is 1.12 bits per heavy atom. The molecule has 3 rings (SSSR count). The molecule has 2 unspecified atom stereocenters. The van der Waals surface area contributed by atoms with Crippen LogP contribution < -0.4 is 0 Å². The van der Waals surface area contributed by atoms with Gasteiger partial charge in [0.25, 0.3) is 5.91 Å². The summed E-state index contributed by atoms with van der Waals surface area (Å²) in [5, 5.41) is 0. The fourth-order valence-corrected chi connectivity index (χ4v) is 3.90. The maximum absolute atomic E-state index is 12.5. The molecule has 1 saturated heterocycles. The number of ether oxygens (including phenoxy) is 1. The van der Waals surface area contributed by atoms with Crippen molar-refractivity contribution in [1.29, 1.82) is 0 Å². The molecule has 5 heteroatoms. The van der Waals surface area contributed by atoms with Crippen LogP contribution in [0.15, 0.2) is 40.9 Å². The van der Waals surface area contributed by atoms with E-state index in [-0.39, 0.29) is 17.8 Å². The van der Waals surface area contributed by atoms with E-state index in [0.717, 1.165) is 17.3 Å². The van der Waals surface area contributed by atoms with Crippen LogP contribution in [0.1, 0.15) is 43.0 Å². The van der Waals surface area contributed by atoms with Crippen LogP contribution in [0.3, 0.4) is 0 Å². The van der Waals surface area contributed by atoms with Gasteiger partial charge in [0, 0.05) is 23.1 Å². The third-order valence-corrected chi connectivity index (χ3v) is 6.09. The molecule has 0 spiro atoms. The normalized spacial score (nSPS) is 23.7. The van der Waals surface area contributed by atoms with Gasteiger partial charge in [0.05, 0.1) is 12.5 Å². The van der Waals surface area contributed by atoms with E-state index in [2.05, 4.69) is 35.0 Å². The maximum Gasteiger partial charge on any atom is 0.309 e. The number of nitrogens with zero attached hydrogens (tertiary/aromatic N) is 1. The molecule has 0 radical (unpaired) electrons. The lowest BCUT2D eigenvalue weighted by molar-refractivity contribution is -0.152. The smallest absolute Gasteiger partial charge is 0.309 e. The molecule has 2 atom stereocenters. The average molecular weight is 420 g/mol. The Hall–Kier alpha value is -1.62. The highest BCUT2D eigenvalue weighted by Gasteiger charge is 2.29. The Morgan fingerprint density at radius 2 is 1.77 bits per heavy atom. The number of amides is 1. The molecule has 1 aromatic carbocycles. The van der Waals surface area contributed by atoms with Gasteiger partial charge in [-0.25, -0.2) is 0 Å². The Bertz CT molecular complexity index is 662. The number of carbonyl (C=O) groups is 2. The van der Waals surface area contributed by atoms with Crippen molar-refractivity contribution in [3.63, 3.8) is 0 Å². The minimum atomic E-state index is -0.0949. The summed E-state index contributed by atoms with van der Waals surface area (Å²) in [7, 11) is 0. The highest BCUT2D eigenvalue weighted by atomic mass is 79.9. The number of allylic oxidation sites excluding steroid dienone is 2. The Morgan fingerprint density at radius 3 is 2.42 bits per heavy atom. The van der Waals surface area contributed by atoms with E-state index in [1.54, 1.807) is 0 Å². The monoisotopic (exact) mass is 419 g/mol. The van der Waals surface area contributed by atoms with Gasteiger partial charge in [0.2, 0.25) is 0 Å². The number of benzene rings is 1. The molecule has 0 N–H and O–H groups in total. The van der Waals surface area contributed by atoms with Gasteiger partial charge in [-0.3, -0.25) is 9.59 Å². The molecule has 1 aliphatic carbocycles. The molecule has 0 saturated carbocycles. The zero-order chi connectivity index (χ0) is 18.5. The number of esters is 1. The van der Waals surface area contributed by atoms with Gasteiger partial charge in [-0.1, -0.05) is 35.0 Å². The molecular weight excluding hydrogens is 394 g/mol. The van der Waals surface area contributed by atoms with E-state index in [1.165, 1.54) is 0 Å². The van der Waals surface area contributed by atoms with Crippen LogP contribution in [0, 0.1) is 17.8 Å². The SMILES string of the molecule is CC1CC=CCC1COC(=O)C1CCN(C(=O)c2ccc(Br)cc2)CC1. The molecular formula is C21H26BrNO3. The van der Waals surface area contributed by atoms with Crippen molar-refractivity contribution >= 4 is 27.8 Å². The van der Waals surface area contributed by atoms with Gasteiger partial charge in [0.15, 0.2) is 0 Å². The van der Waals surface area contributed by atoms with Crippen molar-refractivity contribution in [2.24, 2.45) is 17.8 Å². The van der Waals surface area contributed by atoms with Crippen LogP contribution >= 0.6 is 15.9 Å². The number of hydrogen-bond acceptors (Lipinski definition) is 3. The molecule has 0 aromatic heterocycles. The molecule has 1 amide bonds. The molecule has 2 aliphatic rings. The molecule has 0 bridgehead atoms. The summed E-state index contributed by atoms with van der Waals surface area (Å²) < 4.78 is 6.56. The second-order valence-corrected chi connectivity index (χ2v) is 8.30. The topological polar surface area (TPSA) is 46.6 Å². The van der Waals surface area contributed by atoms with E-state index in [0.29, 0.717) is 49.9 Å². The lowest BCUT2D eigenvalue weighted by Gasteiger charge is -2.31. The fraction of sp³-hybridized carbons (Fsp3) is 0.524. The summed E-state index contributed by atoms with van der Waals surface area (Å²) >= 11 is 3.38. The first-order chi connectivity index (χ1) is 12.5.